The topological polar surface area (TPSA) is 61.5 Å². The van der Waals surface area contributed by atoms with Gasteiger partial charge in [-0.15, -0.1) is 0 Å². The van der Waals surface area contributed by atoms with E-state index in [9.17, 15) is 4.79 Å². The van der Waals surface area contributed by atoms with Gasteiger partial charge < -0.3 is 4.98 Å². The molecule has 0 radical (unpaired) electrons. The van der Waals surface area contributed by atoms with E-state index >= 15 is 0 Å². The zero-order chi connectivity index (χ0) is 12.7. The Kier molecular flexibility index (Phi) is 2.30. The number of aromatic nitrogens is 3. The molecule has 2 N–H and O–H groups in total. The summed E-state index contributed by atoms with van der Waals surface area (Å²) in [6, 6.07) is 9.98. The molecule has 0 fully saturated rings. The van der Waals surface area contributed by atoms with Crippen LogP contribution in [0.1, 0.15) is 11.3 Å². The molecule has 0 bridgehead atoms. The van der Waals surface area contributed by atoms with Crippen molar-refractivity contribution in [3.05, 3.63) is 51.9 Å². The summed E-state index contributed by atoms with van der Waals surface area (Å²) in [5, 5.41) is 7.20. The molecule has 2 aromatic heterocycles. The zero-order valence-electron chi connectivity index (χ0n) is 10.2. The highest BCUT2D eigenvalue weighted by molar-refractivity contribution is 5.90. The summed E-state index contributed by atoms with van der Waals surface area (Å²) in [6.45, 7) is 3.83. The van der Waals surface area contributed by atoms with Crippen LogP contribution in [0.2, 0.25) is 0 Å². The monoisotopic (exact) mass is 239 g/mol. The SMILES string of the molecule is Cc1n[nH]c(=O)c2c(C)c(-c3ccccc3)[nH]c12. The van der Waals surface area contributed by atoms with E-state index in [1.165, 1.54) is 0 Å². The van der Waals surface area contributed by atoms with Crippen molar-refractivity contribution in [3.8, 4) is 11.3 Å². The minimum absolute atomic E-state index is 0.147. The average Bonchev–Trinajstić information content (AvgIpc) is 2.74. The van der Waals surface area contributed by atoms with E-state index in [0.717, 1.165) is 28.0 Å². The number of nitrogens with one attached hydrogen (secondary N) is 2. The van der Waals surface area contributed by atoms with Gasteiger partial charge in [-0.2, -0.15) is 5.10 Å². The van der Waals surface area contributed by atoms with Crippen LogP contribution in [0, 0.1) is 13.8 Å². The molecule has 90 valence electrons. The maximum absolute atomic E-state index is 11.9. The molecule has 3 rings (SSSR count). The molecule has 0 spiro atoms. The number of rotatable bonds is 1. The Morgan fingerprint density at radius 3 is 2.50 bits per heavy atom. The van der Waals surface area contributed by atoms with Crippen molar-refractivity contribution in [3.63, 3.8) is 0 Å². The van der Waals surface area contributed by atoms with Crippen LogP contribution in [-0.2, 0) is 0 Å². The van der Waals surface area contributed by atoms with E-state index in [1.54, 1.807) is 0 Å². The number of benzene rings is 1. The summed E-state index contributed by atoms with van der Waals surface area (Å²) < 4.78 is 0. The summed E-state index contributed by atoms with van der Waals surface area (Å²) in [5.41, 5.74) is 4.48. The fourth-order valence-electron chi connectivity index (χ4n) is 2.29. The summed E-state index contributed by atoms with van der Waals surface area (Å²) >= 11 is 0. The third kappa shape index (κ3) is 1.46. The largest absolute Gasteiger partial charge is 0.353 e. The number of aryl methyl sites for hydroxylation is 2. The molecule has 0 atom stereocenters. The maximum Gasteiger partial charge on any atom is 0.273 e. The van der Waals surface area contributed by atoms with Gasteiger partial charge in [0.05, 0.1) is 16.6 Å². The lowest BCUT2D eigenvalue weighted by Gasteiger charge is -1.98. The molecule has 0 saturated carbocycles. The number of fused-ring (bicyclic) bond motifs is 1. The van der Waals surface area contributed by atoms with Crippen LogP contribution >= 0.6 is 0 Å². The quantitative estimate of drug-likeness (QED) is 0.685. The van der Waals surface area contributed by atoms with Gasteiger partial charge in [0, 0.05) is 5.69 Å². The Morgan fingerprint density at radius 1 is 1.11 bits per heavy atom. The van der Waals surface area contributed by atoms with Crippen molar-refractivity contribution >= 4 is 10.9 Å². The van der Waals surface area contributed by atoms with Crippen LogP contribution in [0.3, 0.4) is 0 Å². The van der Waals surface area contributed by atoms with E-state index in [2.05, 4.69) is 15.2 Å². The second-order valence-corrected chi connectivity index (χ2v) is 4.38. The average molecular weight is 239 g/mol. The standard InChI is InChI=1S/C14H13N3O/c1-8-11-13(9(2)16-17-14(11)18)15-12(8)10-6-4-3-5-7-10/h3-7,15H,1-2H3,(H,17,18). The summed E-state index contributed by atoms with van der Waals surface area (Å²) in [7, 11) is 0. The number of nitrogens with zero attached hydrogens (tertiary/aromatic N) is 1. The Balaban J connectivity index is 2.40. The van der Waals surface area contributed by atoms with Crippen LogP contribution in [0.5, 0.6) is 0 Å². The zero-order valence-corrected chi connectivity index (χ0v) is 10.2. The molecular weight excluding hydrogens is 226 g/mol. The predicted molar refractivity (Wildman–Crippen MR) is 71.6 cm³/mol. The smallest absolute Gasteiger partial charge is 0.273 e. The van der Waals surface area contributed by atoms with Crippen molar-refractivity contribution in [2.45, 2.75) is 13.8 Å². The normalized spacial score (nSPS) is 11.0. The summed E-state index contributed by atoms with van der Waals surface area (Å²) in [4.78, 5) is 15.2. The molecule has 2 heterocycles. The molecule has 0 aliphatic heterocycles. The molecule has 0 aliphatic carbocycles. The predicted octanol–water partition coefficient (Wildman–Crippen LogP) is 2.54. The lowest BCUT2D eigenvalue weighted by molar-refractivity contribution is 0.967. The Labute approximate surface area is 104 Å². The first kappa shape index (κ1) is 10.8. The number of hydrogen-bond acceptors (Lipinski definition) is 2. The van der Waals surface area contributed by atoms with Gasteiger partial charge >= 0.3 is 0 Å². The molecule has 3 aromatic rings. The van der Waals surface area contributed by atoms with Crippen LogP contribution < -0.4 is 5.56 Å². The highest BCUT2D eigenvalue weighted by Gasteiger charge is 2.14. The van der Waals surface area contributed by atoms with Crippen molar-refractivity contribution in [1.29, 1.82) is 0 Å². The van der Waals surface area contributed by atoms with Crippen LogP contribution in [0.25, 0.3) is 22.2 Å². The van der Waals surface area contributed by atoms with E-state index in [-0.39, 0.29) is 5.56 Å². The summed E-state index contributed by atoms with van der Waals surface area (Å²) in [6.07, 6.45) is 0. The number of hydrogen-bond donors (Lipinski definition) is 2. The third-order valence-corrected chi connectivity index (χ3v) is 3.23. The highest BCUT2D eigenvalue weighted by atomic mass is 16.1. The van der Waals surface area contributed by atoms with Crippen molar-refractivity contribution in [1.82, 2.24) is 15.2 Å². The van der Waals surface area contributed by atoms with Crippen LogP contribution in [-0.4, -0.2) is 15.2 Å². The van der Waals surface area contributed by atoms with Gasteiger partial charge in [0.15, 0.2) is 0 Å². The molecule has 1 aromatic carbocycles. The maximum atomic E-state index is 11.9. The van der Waals surface area contributed by atoms with Gasteiger partial charge in [0.1, 0.15) is 0 Å². The minimum Gasteiger partial charge on any atom is -0.353 e. The second kappa shape index (κ2) is 3.84. The van der Waals surface area contributed by atoms with Gasteiger partial charge in [-0.25, -0.2) is 5.10 Å². The molecule has 0 aliphatic rings. The molecule has 18 heavy (non-hydrogen) atoms. The molecule has 0 unspecified atom stereocenters. The fourth-order valence-corrected chi connectivity index (χ4v) is 2.29. The first-order valence-electron chi connectivity index (χ1n) is 5.81. The van der Waals surface area contributed by atoms with Crippen LogP contribution in [0.15, 0.2) is 35.1 Å². The molecule has 4 heteroatoms. The molecular formula is C14H13N3O. The Morgan fingerprint density at radius 2 is 1.83 bits per heavy atom. The van der Waals surface area contributed by atoms with Crippen molar-refractivity contribution in [2.75, 3.05) is 0 Å². The van der Waals surface area contributed by atoms with Crippen molar-refractivity contribution in [2.24, 2.45) is 0 Å². The Hall–Kier alpha value is -2.36. The molecule has 4 nitrogen and oxygen atoms in total. The first-order chi connectivity index (χ1) is 8.68. The van der Waals surface area contributed by atoms with Crippen LogP contribution in [0.4, 0.5) is 0 Å². The van der Waals surface area contributed by atoms with E-state index in [4.69, 9.17) is 0 Å². The minimum atomic E-state index is -0.147. The van der Waals surface area contributed by atoms with Gasteiger partial charge in [0.2, 0.25) is 0 Å². The summed E-state index contributed by atoms with van der Waals surface area (Å²) in [5.74, 6) is 0. The fraction of sp³-hybridized carbons (Fsp3) is 0.143. The van der Waals surface area contributed by atoms with Gasteiger partial charge in [-0.1, -0.05) is 30.3 Å². The Bertz CT molecular complexity index is 769. The lowest BCUT2D eigenvalue weighted by atomic mass is 10.1. The van der Waals surface area contributed by atoms with Crippen molar-refractivity contribution < 1.29 is 0 Å². The van der Waals surface area contributed by atoms with Gasteiger partial charge in [-0.3, -0.25) is 4.79 Å². The third-order valence-electron chi connectivity index (χ3n) is 3.23. The second-order valence-electron chi connectivity index (χ2n) is 4.38. The van der Waals surface area contributed by atoms with Gasteiger partial charge in [-0.05, 0) is 25.0 Å². The van der Waals surface area contributed by atoms with Gasteiger partial charge in [0.25, 0.3) is 5.56 Å². The van der Waals surface area contributed by atoms with E-state index in [1.807, 2.05) is 44.2 Å². The number of H-pyrrole nitrogens is 2. The first-order valence-corrected chi connectivity index (χ1v) is 5.81. The van der Waals surface area contributed by atoms with E-state index < -0.39 is 0 Å². The number of aromatic amines is 2. The van der Waals surface area contributed by atoms with E-state index in [0.29, 0.717) is 5.39 Å². The highest BCUT2D eigenvalue weighted by Crippen LogP contribution is 2.27. The molecule has 0 amide bonds. The molecule has 0 saturated heterocycles. The lowest BCUT2D eigenvalue weighted by Crippen LogP contribution is -2.09.